The van der Waals surface area contributed by atoms with E-state index in [1.54, 1.807) is 7.11 Å². The van der Waals surface area contributed by atoms with Crippen LogP contribution in [0.5, 0.6) is 17.2 Å². The Balaban J connectivity index is 1.45. The van der Waals surface area contributed by atoms with Crippen LogP contribution in [0.4, 0.5) is 11.4 Å². The minimum atomic E-state index is -0.197. The molecule has 234 valence electrons. The van der Waals surface area contributed by atoms with Gasteiger partial charge in [-0.25, -0.2) is 0 Å². The van der Waals surface area contributed by atoms with E-state index in [1.165, 1.54) is 39.4 Å². The van der Waals surface area contributed by atoms with E-state index < -0.39 is 0 Å². The van der Waals surface area contributed by atoms with E-state index in [9.17, 15) is 0 Å². The van der Waals surface area contributed by atoms with Gasteiger partial charge in [0.15, 0.2) is 17.2 Å². The van der Waals surface area contributed by atoms with Gasteiger partial charge < -0.3 is 19.1 Å². The fourth-order valence-corrected chi connectivity index (χ4v) is 7.41. The number of allylic oxidation sites excluding steroid dienone is 8. The lowest BCUT2D eigenvalue weighted by atomic mass is 9.81. The van der Waals surface area contributed by atoms with Crippen LogP contribution in [0.3, 0.4) is 0 Å². The van der Waals surface area contributed by atoms with Crippen molar-refractivity contribution in [3.05, 3.63) is 87.1 Å². The second-order valence-corrected chi connectivity index (χ2v) is 13.4. The van der Waals surface area contributed by atoms with Crippen LogP contribution < -0.4 is 19.1 Å². The Bertz CT molecular complexity index is 1640. The molecule has 0 aromatic heterocycles. The minimum Gasteiger partial charge on any atom is -0.494 e. The van der Waals surface area contributed by atoms with Gasteiger partial charge in [0.25, 0.3) is 0 Å². The van der Waals surface area contributed by atoms with Crippen LogP contribution >= 0.6 is 11.6 Å². The van der Waals surface area contributed by atoms with Crippen LogP contribution in [0, 0.1) is 6.92 Å². The first kappa shape index (κ1) is 32.0. The summed E-state index contributed by atoms with van der Waals surface area (Å²) >= 11 is 7.13. The van der Waals surface area contributed by atoms with Crippen molar-refractivity contribution in [3.8, 4) is 17.2 Å². The van der Waals surface area contributed by atoms with E-state index in [2.05, 4.69) is 107 Å². The number of hydrogen-bond acceptors (Lipinski definition) is 4. The van der Waals surface area contributed by atoms with Gasteiger partial charge in [0, 0.05) is 40.5 Å². The van der Waals surface area contributed by atoms with Gasteiger partial charge in [-0.1, -0.05) is 37.6 Å². The zero-order valence-electron chi connectivity index (χ0n) is 28.2. The van der Waals surface area contributed by atoms with Crippen LogP contribution in [0.15, 0.2) is 70.4 Å². The number of anilines is 1. The standard InChI is InChI=1S/C38H48ClN2O3/c1-11-43-31-21-27-29(20-24(31)3)40(8)34(37(27,4)5)18-16-25-14-13-15-26(36(25)39)17-19-35-38(6,7)28-22-33(44-12-2)32(42-10)23-30(28)41(35)9/h16-23H,11-15H2,1-10H3/q+1. The summed E-state index contributed by atoms with van der Waals surface area (Å²) < 4.78 is 19.7. The van der Waals surface area contributed by atoms with E-state index in [1.807, 2.05) is 13.8 Å². The molecule has 2 aromatic rings. The molecule has 2 aliphatic heterocycles. The van der Waals surface area contributed by atoms with E-state index in [0.29, 0.717) is 13.2 Å². The largest absolute Gasteiger partial charge is 0.494 e. The third-order valence-corrected chi connectivity index (χ3v) is 10.1. The van der Waals surface area contributed by atoms with E-state index in [4.69, 9.17) is 25.8 Å². The molecule has 2 aromatic carbocycles. The van der Waals surface area contributed by atoms with Gasteiger partial charge in [0.1, 0.15) is 12.8 Å². The van der Waals surface area contributed by atoms with Crippen molar-refractivity contribution in [2.75, 3.05) is 39.3 Å². The number of nitrogens with zero attached hydrogens (tertiary/aromatic N) is 2. The van der Waals surface area contributed by atoms with Crippen LogP contribution in [0.25, 0.3) is 0 Å². The molecule has 0 N–H and O–H groups in total. The SMILES string of the molecule is CCOc1cc2c(cc1C)N(C)C(=CC=C1CCCC(C=CC3=[N+](C)c4cc(OC)c(OCC)cc4C3(C)C)=C1Cl)C2(C)C. The predicted octanol–water partition coefficient (Wildman–Crippen LogP) is 9.28. The highest BCUT2D eigenvalue weighted by molar-refractivity contribution is 6.32. The summed E-state index contributed by atoms with van der Waals surface area (Å²) in [5, 5.41) is 0.867. The third kappa shape index (κ3) is 5.38. The molecule has 0 saturated heterocycles. The molecule has 5 rings (SSSR count). The number of hydrogen-bond donors (Lipinski definition) is 0. The topological polar surface area (TPSA) is 33.9 Å². The van der Waals surface area contributed by atoms with Gasteiger partial charge in [-0.3, -0.25) is 0 Å². The highest BCUT2D eigenvalue weighted by atomic mass is 35.5. The number of methoxy groups -OCH3 is 1. The molecule has 0 fully saturated rings. The third-order valence-electron chi connectivity index (χ3n) is 9.59. The van der Waals surface area contributed by atoms with Crippen LogP contribution in [0.1, 0.15) is 77.5 Å². The van der Waals surface area contributed by atoms with Crippen molar-refractivity contribution in [1.82, 2.24) is 0 Å². The van der Waals surface area contributed by atoms with Crippen molar-refractivity contribution in [2.24, 2.45) is 0 Å². The lowest BCUT2D eigenvalue weighted by Gasteiger charge is -2.24. The van der Waals surface area contributed by atoms with Gasteiger partial charge in [-0.15, -0.1) is 0 Å². The minimum absolute atomic E-state index is 0.150. The van der Waals surface area contributed by atoms with E-state index in [-0.39, 0.29) is 10.8 Å². The Kier molecular flexibility index (Phi) is 8.83. The van der Waals surface area contributed by atoms with Crippen LogP contribution in [0.2, 0.25) is 0 Å². The van der Waals surface area contributed by atoms with Crippen LogP contribution in [-0.4, -0.2) is 44.7 Å². The predicted molar refractivity (Wildman–Crippen MR) is 184 cm³/mol. The van der Waals surface area contributed by atoms with Crippen molar-refractivity contribution in [3.63, 3.8) is 0 Å². The van der Waals surface area contributed by atoms with Gasteiger partial charge in [0.05, 0.1) is 31.8 Å². The molecule has 0 bridgehead atoms. The Morgan fingerprint density at radius 3 is 2.25 bits per heavy atom. The number of likely N-dealkylation sites (N-methyl/N-ethyl adjacent to an activating group) is 1. The number of benzene rings is 2. The zero-order valence-corrected chi connectivity index (χ0v) is 28.9. The molecule has 44 heavy (non-hydrogen) atoms. The van der Waals surface area contributed by atoms with Gasteiger partial charge in [0.2, 0.25) is 5.69 Å². The van der Waals surface area contributed by atoms with E-state index in [0.717, 1.165) is 52.8 Å². The molecule has 5 nitrogen and oxygen atoms in total. The number of ether oxygens (including phenoxy) is 3. The summed E-state index contributed by atoms with van der Waals surface area (Å²) in [5.41, 5.74) is 10.6. The second kappa shape index (κ2) is 12.2. The molecular weight excluding hydrogens is 568 g/mol. The number of halogens is 1. The maximum atomic E-state index is 7.13. The molecule has 0 unspecified atom stereocenters. The van der Waals surface area contributed by atoms with Gasteiger partial charge >= 0.3 is 0 Å². The summed E-state index contributed by atoms with van der Waals surface area (Å²) in [5.74, 6) is 2.50. The molecule has 0 atom stereocenters. The molecular formula is C38H48ClN2O3+. The summed E-state index contributed by atoms with van der Waals surface area (Å²) in [6.07, 6.45) is 12.0. The highest BCUT2D eigenvalue weighted by Gasteiger charge is 2.44. The molecule has 1 aliphatic carbocycles. The molecule has 0 saturated carbocycles. The van der Waals surface area contributed by atoms with E-state index >= 15 is 0 Å². The maximum Gasteiger partial charge on any atom is 0.213 e. The first-order chi connectivity index (χ1) is 20.9. The first-order valence-corrected chi connectivity index (χ1v) is 16.2. The Labute approximate surface area is 269 Å². The molecule has 0 radical (unpaired) electrons. The fourth-order valence-electron chi connectivity index (χ4n) is 7.10. The number of aryl methyl sites for hydroxylation is 1. The molecule has 0 spiro atoms. The lowest BCUT2D eigenvalue weighted by Crippen LogP contribution is -2.26. The highest BCUT2D eigenvalue weighted by Crippen LogP contribution is 2.49. The molecule has 0 amide bonds. The summed E-state index contributed by atoms with van der Waals surface area (Å²) in [7, 11) is 5.97. The number of fused-ring (bicyclic) bond motifs is 2. The summed E-state index contributed by atoms with van der Waals surface area (Å²) in [6, 6.07) is 8.69. The molecule has 3 aliphatic rings. The average molecular weight is 616 g/mol. The second-order valence-electron chi connectivity index (χ2n) is 13.0. The molecule has 2 heterocycles. The van der Waals surface area contributed by atoms with Crippen molar-refractivity contribution < 1.29 is 18.8 Å². The normalized spacial score (nSPS) is 20.7. The monoisotopic (exact) mass is 615 g/mol. The van der Waals surface area contributed by atoms with Gasteiger partial charge in [-0.05, 0) is 100 Å². The number of rotatable bonds is 8. The van der Waals surface area contributed by atoms with Gasteiger partial charge in [-0.2, -0.15) is 4.58 Å². The first-order valence-electron chi connectivity index (χ1n) is 15.8. The van der Waals surface area contributed by atoms with Crippen molar-refractivity contribution >= 4 is 28.7 Å². The Hall–Kier alpha value is -3.44. The average Bonchev–Trinajstić information content (AvgIpc) is 3.28. The summed E-state index contributed by atoms with van der Waals surface area (Å²) in [4.78, 5) is 2.31. The lowest BCUT2D eigenvalue weighted by molar-refractivity contribution is -0.401. The molecule has 6 heteroatoms. The summed E-state index contributed by atoms with van der Waals surface area (Å²) in [6.45, 7) is 16.5. The van der Waals surface area contributed by atoms with Crippen molar-refractivity contribution in [1.29, 1.82) is 0 Å². The Morgan fingerprint density at radius 1 is 0.886 bits per heavy atom. The maximum absolute atomic E-state index is 7.13. The van der Waals surface area contributed by atoms with Crippen LogP contribution in [-0.2, 0) is 10.8 Å². The smallest absolute Gasteiger partial charge is 0.213 e. The Morgan fingerprint density at radius 2 is 1.57 bits per heavy atom. The van der Waals surface area contributed by atoms with Crippen molar-refractivity contribution in [2.45, 2.75) is 78.6 Å². The fraction of sp³-hybridized carbons (Fsp3) is 0.447. The zero-order chi connectivity index (χ0) is 32.0. The quantitative estimate of drug-likeness (QED) is 0.277.